The van der Waals surface area contributed by atoms with Crippen molar-refractivity contribution in [2.75, 3.05) is 32.1 Å². The van der Waals surface area contributed by atoms with Crippen LogP contribution < -0.4 is 0 Å². The van der Waals surface area contributed by atoms with E-state index in [1.54, 1.807) is 0 Å². The molecule has 0 N–H and O–H groups in total. The number of nitrogens with zero attached hydrogens (tertiary/aromatic N) is 1. The fraction of sp³-hybridized carbons (Fsp3) is 0.692. The largest absolute Gasteiger partial charge is 0.378 e. The van der Waals surface area contributed by atoms with E-state index in [1.165, 1.54) is 6.08 Å². The molecule has 0 spiro atoms. The molecule has 0 aromatic carbocycles. The molecule has 2 aliphatic rings. The standard InChI is InChI=1S/C13H21NO3S/c1-2-11-18(15,16)13-6-4-3-5-12(13)14-7-9-17-10-8-14/h2H,1,3-11H2. The van der Waals surface area contributed by atoms with E-state index in [9.17, 15) is 8.42 Å². The lowest BCUT2D eigenvalue weighted by molar-refractivity contribution is 0.0510. The van der Waals surface area contributed by atoms with Crippen molar-refractivity contribution in [3.05, 3.63) is 23.3 Å². The van der Waals surface area contributed by atoms with Gasteiger partial charge in [-0.05, 0) is 25.7 Å². The fourth-order valence-corrected chi connectivity index (χ4v) is 4.18. The van der Waals surface area contributed by atoms with Gasteiger partial charge in [-0.3, -0.25) is 0 Å². The lowest BCUT2D eigenvalue weighted by Gasteiger charge is -2.34. The van der Waals surface area contributed by atoms with E-state index in [1.807, 2.05) is 0 Å². The third-order valence-corrected chi connectivity index (χ3v) is 5.36. The molecule has 1 aliphatic heterocycles. The number of ether oxygens (including phenoxy) is 1. The average Bonchev–Trinajstić information content (AvgIpc) is 2.40. The van der Waals surface area contributed by atoms with Crippen LogP contribution in [-0.2, 0) is 14.6 Å². The van der Waals surface area contributed by atoms with Gasteiger partial charge in [-0.1, -0.05) is 6.08 Å². The molecule has 1 aliphatic carbocycles. The van der Waals surface area contributed by atoms with E-state index in [0.29, 0.717) is 24.5 Å². The Hall–Kier alpha value is -0.810. The molecule has 0 aromatic heterocycles. The summed E-state index contributed by atoms with van der Waals surface area (Å²) in [5.41, 5.74) is 1.03. The molecule has 102 valence electrons. The van der Waals surface area contributed by atoms with Crippen LogP contribution >= 0.6 is 0 Å². The molecule has 1 saturated heterocycles. The monoisotopic (exact) mass is 271 g/mol. The minimum atomic E-state index is -3.15. The summed E-state index contributed by atoms with van der Waals surface area (Å²) < 4.78 is 29.8. The molecule has 1 heterocycles. The second kappa shape index (κ2) is 5.89. The van der Waals surface area contributed by atoms with Crippen molar-refractivity contribution in [3.63, 3.8) is 0 Å². The summed E-state index contributed by atoms with van der Waals surface area (Å²) in [5, 5.41) is 0. The minimum Gasteiger partial charge on any atom is -0.378 e. The van der Waals surface area contributed by atoms with Crippen LogP contribution in [0.4, 0.5) is 0 Å². The highest BCUT2D eigenvalue weighted by Gasteiger charge is 2.27. The highest BCUT2D eigenvalue weighted by molar-refractivity contribution is 7.95. The fourth-order valence-electron chi connectivity index (χ4n) is 2.62. The van der Waals surface area contributed by atoms with E-state index in [0.717, 1.165) is 38.0 Å². The molecule has 5 heteroatoms. The highest BCUT2D eigenvalue weighted by Crippen LogP contribution is 2.31. The maximum Gasteiger partial charge on any atom is 0.179 e. The summed E-state index contributed by atoms with van der Waals surface area (Å²) in [7, 11) is -3.15. The molecule has 4 nitrogen and oxygen atoms in total. The van der Waals surface area contributed by atoms with Gasteiger partial charge in [0.1, 0.15) is 0 Å². The maximum atomic E-state index is 12.3. The van der Waals surface area contributed by atoms with Crippen molar-refractivity contribution >= 4 is 9.84 Å². The third kappa shape index (κ3) is 2.95. The van der Waals surface area contributed by atoms with Gasteiger partial charge in [0.05, 0.1) is 23.9 Å². The molecule has 1 fully saturated rings. The minimum absolute atomic E-state index is 0.0518. The molecule has 0 radical (unpaired) electrons. The van der Waals surface area contributed by atoms with Crippen LogP contribution in [0.15, 0.2) is 23.3 Å². The number of allylic oxidation sites excluding steroid dienone is 2. The van der Waals surface area contributed by atoms with Crippen LogP contribution in [0, 0.1) is 0 Å². The summed E-state index contributed by atoms with van der Waals surface area (Å²) in [5.74, 6) is 0.0518. The summed E-state index contributed by atoms with van der Waals surface area (Å²) >= 11 is 0. The second-order valence-corrected chi connectivity index (χ2v) is 6.80. The van der Waals surface area contributed by atoms with E-state index in [-0.39, 0.29) is 5.75 Å². The van der Waals surface area contributed by atoms with E-state index < -0.39 is 9.84 Å². The molecule has 0 unspecified atom stereocenters. The first kappa shape index (κ1) is 13.6. The Labute approximate surface area is 109 Å². The Morgan fingerprint density at radius 2 is 1.89 bits per heavy atom. The van der Waals surface area contributed by atoms with Crippen LogP contribution in [0.2, 0.25) is 0 Å². The molecule has 18 heavy (non-hydrogen) atoms. The molecular formula is C13H21NO3S. The molecule has 0 amide bonds. The van der Waals surface area contributed by atoms with E-state index in [4.69, 9.17) is 4.74 Å². The smallest absolute Gasteiger partial charge is 0.179 e. The van der Waals surface area contributed by atoms with Crippen molar-refractivity contribution in [1.82, 2.24) is 4.90 Å². The van der Waals surface area contributed by atoms with Crippen LogP contribution in [0.3, 0.4) is 0 Å². The lowest BCUT2D eigenvalue weighted by Crippen LogP contribution is -2.37. The van der Waals surface area contributed by atoms with Gasteiger partial charge in [0.15, 0.2) is 9.84 Å². The number of rotatable bonds is 4. The van der Waals surface area contributed by atoms with E-state index >= 15 is 0 Å². The Kier molecular flexibility index (Phi) is 4.45. The van der Waals surface area contributed by atoms with Gasteiger partial charge < -0.3 is 9.64 Å². The molecule has 0 atom stereocenters. The molecular weight excluding hydrogens is 250 g/mol. The Morgan fingerprint density at radius 1 is 1.22 bits per heavy atom. The second-order valence-electron chi connectivity index (χ2n) is 4.75. The van der Waals surface area contributed by atoms with Crippen LogP contribution in [0.1, 0.15) is 25.7 Å². The zero-order chi connectivity index (χ0) is 13.0. The van der Waals surface area contributed by atoms with Gasteiger partial charge in [-0.25, -0.2) is 8.42 Å². The van der Waals surface area contributed by atoms with E-state index in [2.05, 4.69) is 11.5 Å². The van der Waals surface area contributed by atoms with Gasteiger partial charge in [0.25, 0.3) is 0 Å². The van der Waals surface area contributed by atoms with Gasteiger partial charge in [0.2, 0.25) is 0 Å². The Morgan fingerprint density at radius 3 is 2.56 bits per heavy atom. The molecule has 0 bridgehead atoms. The highest BCUT2D eigenvalue weighted by atomic mass is 32.2. The third-order valence-electron chi connectivity index (χ3n) is 3.49. The van der Waals surface area contributed by atoms with Crippen molar-refractivity contribution in [2.24, 2.45) is 0 Å². The first-order valence-corrected chi connectivity index (χ1v) is 8.19. The Balaban J connectivity index is 2.30. The number of morpholine rings is 1. The average molecular weight is 271 g/mol. The molecule has 2 rings (SSSR count). The molecule has 0 aromatic rings. The zero-order valence-corrected chi connectivity index (χ0v) is 11.5. The maximum absolute atomic E-state index is 12.3. The van der Waals surface area contributed by atoms with Crippen molar-refractivity contribution in [2.45, 2.75) is 25.7 Å². The predicted octanol–water partition coefficient (Wildman–Crippen LogP) is 1.70. The number of sulfone groups is 1. The van der Waals surface area contributed by atoms with Gasteiger partial charge in [-0.15, -0.1) is 6.58 Å². The summed E-state index contributed by atoms with van der Waals surface area (Å²) in [6, 6.07) is 0. The van der Waals surface area contributed by atoms with Crippen LogP contribution in [0.25, 0.3) is 0 Å². The van der Waals surface area contributed by atoms with Crippen molar-refractivity contribution in [3.8, 4) is 0 Å². The Bertz CT molecular complexity index is 433. The predicted molar refractivity (Wildman–Crippen MR) is 71.9 cm³/mol. The first-order chi connectivity index (χ1) is 8.65. The quantitative estimate of drug-likeness (QED) is 0.730. The van der Waals surface area contributed by atoms with Crippen LogP contribution in [0.5, 0.6) is 0 Å². The lowest BCUT2D eigenvalue weighted by atomic mass is 10.0. The van der Waals surface area contributed by atoms with Crippen LogP contribution in [-0.4, -0.2) is 45.4 Å². The number of hydrogen-bond acceptors (Lipinski definition) is 4. The first-order valence-electron chi connectivity index (χ1n) is 6.53. The normalized spacial score (nSPS) is 22.1. The van der Waals surface area contributed by atoms with Gasteiger partial charge in [0, 0.05) is 18.8 Å². The van der Waals surface area contributed by atoms with Gasteiger partial charge in [-0.2, -0.15) is 0 Å². The summed E-state index contributed by atoms with van der Waals surface area (Å²) in [6.45, 7) is 6.54. The SMILES string of the molecule is C=CCS(=O)(=O)C1=C(N2CCOCC2)CCCC1. The topological polar surface area (TPSA) is 46.6 Å². The number of hydrogen-bond donors (Lipinski definition) is 0. The summed E-state index contributed by atoms with van der Waals surface area (Å²) in [6.07, 6.45) is 5.10. The van der Waals surface area contributed by atoms with Crippen molar-refractivity contribution in [1.29, 1.82) is 0 Å². The summed E-state index contributed by atoms with van der Waals surface area (Å²) in [4.78, 5) is 2.84. The molecule has 0 saturated carbocycles. The van der Waals surface area contributed by atoms with Crippen molar-refractivity contribution < 1.29 is 13.2 Å². The zero-order valence-electron chi connectivity index (χ0n) is 10.7. The van der Waals surface area contributed by atoms with Gasteiger partial charge >= 0.3 is 0 Å².